The number of pyridine rings is 1. The Hall–Kier alpha value is -3.60. The first-order valence-corrected chi connectivity index (χ1v) is 11.5. The molecule has 170 valence electrons. The first-order valence-electron chi connectivity index (χ1n) is 11.5. The maximum atomic E-state index is 12.7. The van der Waals surface area contributed by atoms with Gasteiger partial charge in [-0.1, -0.05) is 12.1 Å². The van der Waals surface area contributed by atoms with Gasteiger partial charge >= 0.3 is 0 Å². The summed E-state index contributed by atoms with van der Waals surface area (Å²) in [6.45, 7) is 4.52. The number of hydrogen-bond acceptors (Lipinski definition) is 5. The Morgan fingerprint density at radius 3 is 2.76 bits per heavy atom. The number of likely N-dealkylation sites (tertiary alicyclic amines) is 1. The van der Waals surface area contributed by atoms with Crippen LogP contribution in [0.5, 0.6) is 0 Å². The number of H-pyrrole nitrogens is 1. The number of nitrogens with zero attached hydrogens (tertiary/aromatic N) is 4. The minimum atomic E-state index is -0.301. The van der Waals surface area contributed by atoms with E-state index in [9.17, 15) is 14.9 Å². The fourth-order valence-corrected chi connectivity index (χ4v) is 5.28. The molecule has 2 atom stereocenters. The summed E-state index contributed by atoms with van der Waals surface area (Å²) in [5.41, 5.74) is 2.13. The summed E-state index contributed by atoms with van der Waals surface area (Å²) in [6, 6.07) is 12.1. The van der Waals surface area contributed by atoms with Crippen molar-refractivity contribution in [2.24, 2.45) is 5.92 Å². The lowest BCUT2D eigenvalue weighted by molar-refractivity contribution is -0.132. The fourth-order valence-electron chi connectivity index (χ4n) is 5.28. The summed E-state index contributed by atoms with van der Waals surface area (Å²) in [6.07, 6.45) is 6.08. The van der Waals surface area contributed by atoms with Crippen LogP contribution in [0.1, 0.15) is 57.6 Å². The number of carbonyl (C=O) groups is 1. The summed E-state index contributed by atoms with van der Waals surface area (Å²) in [7, 11) is 0. The molecule has 3 aromatic rings. The van der Waals surface area contributed by atoms with Crippen LogP contribution in [0.3, 0.4) is 0 Å². The second-order valence-corrected chi connectivity index (χ2v) is 9.38. The Morgan fingerprint density at radius 2 is 2.09 bits per heavy atom. The molecule has 1 unspecified atom stereocenters. The Morgan fingerprint density at radius 1 is 1.33 bits per heavy atom. The van der Waals surface area contributed by atoms with Gasteiger partial charge in [0.25, 0.3) is 5.56 Å². The number of carbonyl (C=O) groups excluding carboxylic acids is 1. The number of rotatable bonds is 6. The third kappa shape index (κ3) is 3.67. The van der Waals surface area contributed by atoms with E-state index in [1.165, 1.54) is 0 Å². The molecule has 2 aromatic heterocycles. The molecule has 2 aliphatic rings. The summed E-state index contributed by atoms with van der Waals surface area (Å²) in [5.74, 6) is 1.01. The van der Waals surface area contributed by atoms with E-state index in [0.717, 1.165) is 49.0 Å². The van der Waals surface area contributed by atoms with Gasteiger partial charge in [0.15, 0.2) is 5.82 Å². The lowest BCUT2D eigenvalue weighted by atomic mass is 9.89. The van der Waals surface area contributed by atoms with Gasteiger partial charge in [-0.3, -0.25) is 14.3 Å². The number of amides is 1. The van der Waals surface area contributed by atoms with Crippen molar-refractivity contribution in [2.45, 2.75) is 57.5 Å². The number of benzene rings is 1. The van der Waals surface area contributed by atoms with E-state index in [4.69, 9.17) is 5.10 Å². The summed E-state index contributed by atoms with van der Waals surface area (Å²) < 4.78 is 1.85. The minimum absolute atomic E-state index is 0.0305. The zero-order valence-electron chi connectivity index (χ0n) is 19.0. The Bertz CT molecular complexity index is 1300. The number of aromatic amines is 1. The highest BCUT2D eigenvalue weighted by atomic mass is 16.2. The van der Waals surface area contributed by atoms with E-state index < -0.39 is 0 Å². The molecule has 5 rings (SSSR count). The predicted molar refractivity (Wildman–Crippen MR) is 126 cm³/mol. The third-order valence-corrected chi connectivity index (χ3v) is 7.20. The van der Waals surface area contributed by atoms with E-state index in [1.54, 1.807) is 13.1 Å². The second kappa shape index (κ2) is 8.07. The van der Waals surface area contributed by atoms with Crippen LogP contribution >= 0.6 is 0 Å². The monoisotopic (exact) mass is 444 g/mol. The van der Waals surface area contributed by atoms with Crippen LogP contribution in [0.25, 0.3) is 10.9 Å². The van der Waals surface area contributed by atoms with Gasteiger partial charge in [-0.05, 0) is 62.3 Å². The highest BCUT2D eigenvalue weighted by molar-refractivity contribution is 5.91. The zero-order valence-corrected chi connectivity index (χ0v) is 19.0. The molecule has 2 fully saturated rings. The van der Waals surface area contributed by atoms with Gasteiger partial charge in [-0.15, -0.1) is 0 Å². The number of anilines is 2. The van der Waals surface area contributed by atoms with Crippen molar-refractivity contribution >= 4 is 28.3 Å². The summed E-state index contributed by atoms with van der Waals surface area (Å²) in [4.78, 5) is 29.5. The van der Waals surface area contributed by atoms with Crippen molar-refractivity contribution in [1.29, 1.82) is 5.26 Å². The van der Waals surface area contributed by atoms with Gasteiger partial charge < -0.3 is 15.2 Å². The largest absolute Gasteiger partial charge is 0.338 e. The van der Waals surface area contributed by atoms with Crippen molar-refractivity contribution < 1.29 is 4.79 Å². The molecule has 33 heavy (non-hydrogen) atoms. The molecular formula is C25H28N6O2. The van der Waals surface area contributed by atoms with Crippen LogP contribution < -0.4 is 10.9 Å². The molecule has 0 radical (unpaired) electrons. The van der Waals surface area contributed by atoms with E-state index in [1.807, 2.05) is 39.9 Å². The molecule has 8 heteroatoms. The first-order chi connectivity index (χ1) is 15.9. The molecule has 3 heterocycles. The average Bonchev–Trinajstić information content (AvgIpc) is 3.46. The van der Waals surface area contributed by atoms with Crippen molar-refractivity contribution in [3.63, 3.8) is 0 Å². The predicted octanol–water partition coefficient (Wildman–Crippen LogP) is 4.19. The molecule has 0 bridgehead atoms. The van der Waals surface area contributed by atoms with Crippen LogP contribution in [0.4, 0.5) is 11.5 Å². The van der Waals surface area contributed by atoms with Crippen LogP contribution in [-0.2, 0) is 10.3 Å². The number of nitrogens with one attached hydrogen (secondary N) is 2. The lowest BCUT2D eigenvalue weighted by Crippen LogP contribution is -2.41. The molecular weight excluding hydrogens is 416 g/mol. The normalized spacial score (nSPS) is 21.2. The third-order valence-electron chi connectivity index (χ3n) is 7.20. The molecule has 1 saturated heterocycles. The fraction of sp³-hybridized carbons (Fsp3) is 0.440. The second-order valence-electron chi connectivity index (χ2n) is 9.38. The van der Waals surface area contributed by atoms with Crippen LogP contribution in [0.2, 0.25) is 0 Å². The van der Waals surface area contributed by atoms with Crippen molar-refractivity contribution in [3.8, 4) is 6.07 Å². The number of nitriles is 1. The summed E-state index contributed by atoms with van der Waals surface area (Å²) in [5, 5.41) is 17.9. The zero-order chi connectivity index (χ0) is 23.2. The Balaban J connectivity index is 1.48. The van der Waals surface area contributed by atoms with Gasteiger partial charge in [0, 0.05) is 25.4 Å². The van der Waals surface area contributed by atoms with Crippen molar-refractivity contribution in [2.75, 3.05) is 11.9 Å². The van der Waals surface area contributed by atoms with Crippen molar-refractivity contribution in [3.05, 3.63) is 52.4 Å². The Labute approximate surface area is 192 Å². The molecule has 8 nitrogen and oxygen atoms in total. The van der Waals surface area contributed by atoms with Crippen LogP contribution in [-0.4, -0.2) is 32.1 Å². The van der Waals surface area contributed by atoms with E-state index in [2.05, 4.69) is 23.3 Å². The molecule has 1 saturated carbocycles. The topological polar surface area (TPSA) is 107 Å². The van der Waals surface area contributed by atoms with Gasteiger partial charge in [0.2, 0.25) is 5.91 Å². The Kier molecular flexibility index (Phi) is 5.20. The number of hydrogen-bond donors (Lipinski definition) is 2. The smallest absolute Gasteiger partial charge is 0.261 e. The quantitative estimate of drug-likeness (QED) is 0.593. The van der Waals surface area contributed by atoms with Gasteiger partial charge in [0.05, 0.1) is 29.6 Å². The minimum Gasteiger partial charge on any atom is -0.338 e. The highest BCUT2D eigenvalue weighted by Gasteiger charge is 2.39. The van der Waals surface area contributed by atoms with Crippen LogP contribution in [0, 0.1) is 17.2 Å². The molecule has 0 spiro atoms. The SMILES string of the molecule is CC(=O)N1CCCC1(C)c1ccc(Nc2nn([C@@H](CC#N)C3CC3)c3cc[nH]c(=O)c23)cc1. The average molecular weight is 445 g/mol. The molecule has 1 amide bonds. The summed E-state index contributed by atoms with van der Waals surface area (Å²) >= 11 is 0. The van der Waals surface area contributed by atoms with E-state index >= 15 is 0 Å². The standard InChI is InChI=1S/C25H28N6O2/c1-16(32)30-15-3-12-25(30,2)18-6-8-19(9-7-18)28-23-22-21(11-14-27-24(22)33)31(29-23)20(10-13-26)17-4-5-17/h6-9,11,14,17,20H,3-5,10,12,15H2,1-2H3,(H,27,33)(H,28,29)/t20-,25?/m0/s1. The molecule has 1 aromatic carbocycles. The van der Waals surface area contributed by atoms with Gasteiger partial charge in [0.1, 0.15) is 5.39 Å². The molecule has 1 aliphatic carbocycles. The number of aromatic nitrogens is 3. The maximum absolute atomic E-state index is 12.7. The van der Waals surface area contributed by atoms with E-state index in [0.29, 0.717) is 23.5 Å². The first kappa shape index (κ1) is 21.3. The highest BCUT2D eigenvalue weighted by Crippen LogP contribution is 2.43. The molecule has 2 N–H and O–H groups in total. The molecule has 1 aliphatic heterocycles. The number of fused-ring (bicyclic) bond motifs is 1. The van der Waals surface area contributed by atoms with E-state index in [-0.39, 0.29) is 23.0 Å². The van der Waals surface area contributed by atoms with Gasteiger partial charge in [-0.25, -0.2) is 0 Å². The van der Waals surface area contributed by atoms with Crippen molar-refractivity contribution in [1.82, 2.24) is 19.7 Å². The van der Waals surface area contributed by atoms with Gasteiger partial charge in [-0.2, -0.15) is 10.4 Å². The maximum Gasteiger partial charge on any atom is 0.261 e. The lowest BCUT2D eigenvalue weighted by Gasteiger charge is -2.35. The van der Waals surface area contributed by atoms with Crippen LogP contribution in [0.15, 0.2) is 41.3 Å².